The van der Waals surface area contributed by atoms with Crippen molar-refractivity contribution in [1.82, 2.24) is 10.3 Å². The average Bonchev–Trinajstić information content (AvgIpc) is 2.93. The molecule has 2 heterocycles. The molecule has 4 rings (SSSR count). The van der Waals surface area contributed by atoms with Crippen molar-refractivity contribution in [3.8, 4) is 11.5 Å². The summed E-state index contributed by atoms with van der Waals surface area (Å²) in [7, 11) is 3.38. The van der Waals surface area contributed by atoms with Crippen molar-refractivity contribution < 1.29 is 9.47 Å². The number of nitrogens with one attached hydrogen (secondary N) is 2. The van der Waals surface area contributed by atoms with E-state index >= 15 is 0 Å². The van der Waals surface area contributed by atoms with E-state index in [0.29, 0.717) is 6.04 Å². The quantitative estimate of drug-likeness (QED) is 0.820. The van der Waals surface area contributed by atoms with Crippen LogP contribution in [0, 0.1) is 0 Å². The zero-order chi connectivity index (χ0) is 17.9. The second-order valence-electron chi connectivity index (χ2n) is 7.37. The van der Waals surface area contributed by atoms with Crippen LogP contribution in [-0.2, 0) is 12.8 Å². The Kier molecular flexibility index (Phi) is 5.16. The number of fused-ring (bicyclic) bond motifs is 2. The van der Waals surface area contributed by atoms with Gasteiger partial charge in [0, 0.05) is 28.9 Å². The van der Waals surface area contributed by atoms with Crippen LogP contribution in [0.4, 0.5) is 5.69 Å². The molecule has 2 aromatic rings. The molecule has 0 bridgehead atoms. The number of rotatable bonds is 4. The summed E-state index contributed by atoms with van der Waals surface area (Å²) >= 11 is 0. The number of methoxy groups -OCH3 is 2. The monoisotopic (exact) mass is 355 g/mol. The first-order valence-electron chi connectivity index (χ1n) is 9.85. The summed E-state index contributed by atoms with van der Waals surface area (Å²) in [6.45, 7) is 2.17. The van der Waals surface area contributed by atoms with E-state index < -0.39 is 0 Å². The summed E-state index contributed by atoms with van der Waals surface area (Å²) in [5.41, 5.74) is 4.96. The number of pyridine rings is 1. The van der Waals surface area contributed by atoms with Crippen LogP contribution in [0.1, 0.15) is 43.4 Å². The summed E-state index contributed by atoms with van der Waals surface area (Å²) < 4.78 is 11.1. The molecule has 0 saturated carbocycles. The number of hydrogen-bond donors (Lipinski definition) is 2. The van der Waals surface area contributed by atoms with Crippen molar-refractivity contribution in [2.45, 2.75) is 51.0 Å². The van der Waals surface area contributed by atoms with E-state index in [1.807, 2.05) is 6.07 Å². The van der Waals surface area contributed by atoms with Crippen molar-refractivity contribution >= 4 is 16.6 Å². The highest BCUT2D eigenvalue weighted by Gasteiger charge is 2.22. The standard InChI is InChI=1S/C21H29N3O2/c1-25-19-12-16-18(13-20(19)26-2)24-17-7-5-3-4-6-15(17)21(16)23-14-8-10-22-11-9-14/h12-14,22H,3-11H2,1-2H3,(H,23,24). The molecule has 1 fully saturated rings. The lowest BCUT2D eigenvalue weighted by molar-refractivity contribution is 0.356. The number of aromatic nitrogens is 1. The SMILES string of the molecule is COc1cc2nc3c(c(NC4CCNCC4)c2cc1OC)CCCCC3. The molecule has 140 valence electrons. The molecule has 1 aliphatic carbocycles. The Labute approximate surface area is 155 Å². The van der Waals surface area contributed by atoms with Crippen molar-refractivity contribution in [2.75, 3.05) is 32.6 Å². The van der Waals surface area contributed by atoms with E-state index in [1.54, 1.807) is 14.2 Å². The van der Waals surface area contributed by atoms with Crippen molar-refractivity contribution in [1.29, 1.82) is 0 Å². The van der Waals surface area contributed by atoms with Gasteiger partial charge in [-0.05, 0) is 63.2 Å². The maximum atomic E-state index is 5.57. The maximum absolute atomic E-state index is 5.57. The summed E-state index contributed by atoms with van der Waals surface area (Å²) in [5.74, 6) is 1.51. The summed E-state index contributed by atoms with van der Waals surface area (Å²) in [6.07, 6.45) is 8.25. The third kappa shape index (κ3) is 3.32. The first kappa shape index (κ1) is 17.4. The number of nitrogens with zero attached hydrogens (tertiary/aromatic N) is 1. The van der Waals surface area contributed by atoms with Gasteiger partial charge >= 0.3 is 0 Å². The van der Waals surface area contributed by atoms with Crippen LogP contribution >= 0.6 is 0 Å². The van der Waals surface area contributed by atoms with Crippen LogP contribution in [0.3, 0.4) is 0 Å². The van der Waals surface area contributed by atoms with Gasteiger partial charge in [-0.3, -0.25) is 4.98 Å². The van der Waals surface area contributed by atoms with E-state index in [1.165, 1.54) is 36.2 Å². The maximum Gasteiger partial charge on any atom is 0.162 e. The normalized spacial score (nSPS) is 18.2. The van der Waals surface area contributed by atoms with E-state index in [0.717, 1.165) is 61.2 Å². The molecule has 2 aliphatic rings. The first-order valence-corrected chi connectivity index (χ1v) is 9.85. The Hall–Kier alpha value is -2.01. The third-order valence-electron chi connectivity index (χ3n) is 5.70. The Balaban J connectivity index is 1.86. The van der Waals surface area contributed by atoms with Gasteiger partial charge in [-0.2, -0.15) is 0 Å². The number of ether oxygens (including phenoxy) is 2. The minimum Gasteiger partial charge on any atom is -0.493 e. The Morgan fingerprint density at radius 1 is 1.00 bits per heavy atom. The molecule has 1 aromatic heterocycles. The van der Waals surface area contributed by atoms with Gasteiger partial charge in [0.05, 0.1) is 19.7 Å². The van der Waals surface area contributed by atoms with Gasteiger partial charge in [0.25, 0.3) is 0 Å². The largest absolute Gasteiger partial charge is 0.493 e. The number of piperidine rings is 1. The fraction of sp³-hybridized carbons (Fsp3) is 0.571. The molecule has 26 heavy (non-hydrogen) atoms. The van der Waals surface area contributed by atoms with Gasteiger partial charge in [0.15, 0.2) is 11.5 Å². The molecule has 1 aliphatic heterocycles. The van der Waals surface area contributed by atoms with Crippen molar-refractivity contribution in [2.24, 2.45) is 0 Å². The Morgan fingerprint density at radius 2 is 1.73 bits per heavy atom. The highest BCUT2D eigenvalue weighted by atomic mass is 16.5. The summed E-state index contributed by atoms with van der Waals surface area (Å²) in [6, 6.07) is 4.63. The lowest BCUT2D eigenvalue weighted by atomic mass is 9.99. The average molecular weight is 355 g/mol. The predicted molar refractivity (Wildman–Crippen MR) is 106 cm³/mol. The molecule has 2 N–H and O–H groups in total. The van der Waals surface area contributed by atoms with E-state index in [2.05, 4.69) is 16.7 Å². The molecular formula is C21H29N3O2. The van der Waals surface area contributed by atoms with Gasteiger partial charge in [0.2, 0.25) is 0 Å². The van der Waals surface area contributed by atoms with Crippen LogP contribution < -0.4 is 20.1 Å². The number of hydrogen-bond acceptors (Lipinski definition) is 5. The zero-order valence-corrected chi connectivity index (χ0v) is 15.9. The third-order valence-corrected chi connectivity index (χ3v) is 5.70. The van der Waals surface area contributed by atoms with Gasteiger partial charge in [-0.15, -0.1) is 0 Å². The smallest absolute Gasteiger partial charge is 0.162 e. The van der Waals surface area contributed by atoms with E-state index in [4.69, 9.17) is 14.5 Å². The highest BCUT2D eigenvalue weighted by molar-refractivity contribution is 5.96. The van der Waals surface area contributed by atoms with Crippen molar-refractivity contribution in [3.05, 3.63) is 23.4 Å². The topological polar surface area (TPSA) is 55.4 Å². The second kappa shape index (κ2) is 7.70. The van der Waals surface area contributed by atoms with Crippen LogP contribution in [-0.4, -0.2) is 38.3 Å². The van der Waals surface area contributed by atoms with Crippen LogP contribution in [0.2, 0.25) is 0 Å². The minimum atomic E-state index is 0.516. The zero-order valence-electron chi connectivity index (χ0n) is 15.9. The summed E-state index contributed by atoms with van der Waals surface area (Å²) in [4.78, 5) is 5.03. The van der Waals surface area contributed by atoms with Gasteiger partial charge in [-0.25, -0.2) is 0 Å². The predicted octanol–water partition coefficient (Wildman–Crippen LogP) is 3.68. The first-order chi connectivity index (χ1) is 12.8. The molecular weight excluding hydrogens is 326 g/mol. The lowest BCUT2D eigenvalue weighted by Gasteiger charge is -2.27. The fourth-order valence-electron chi connectivity index (χ4n) is 4.26. The van der Waals surface area contributed by atoms with Gasteiger partial charge in [-0.1, -0.05) is 6.42 Å². The molecule has 0 radical (unpaired) electrons. The Morgan fingerprint density at radius 3 is 2.50 bits per heavy atom. The second-order valence-corrected chi connectivity index (χ2v) is 7.37. The van der Waals surface area contributed by atoms with Crippen LogP contribution in [0.25, 0.3) is 10.9 Å². The molecule has 5 heteroatoms. The van der Waals surface area contributed by atoms with Crippen LogP contribution in [0.15, 0.2) is 12.1 Å². The lowest BCUT2D eigenvalue weighted by Crippen LogP contribution is -2.35. The minimum absolute atomic E-state index is 0.516. The van der Waals surface area contributed by atoms with Crippen LogP contribution in [0.5, 0.6) is 11.5 Å². The molecule has 5 nitrogen and oxygen atoms in total. The van der Waals surface area contributed by atoms with Gasteiger partial charge < -0.3 is 20.1 Å². The number of benzene rings is 1. The van der Waals surface area contributed by atoms with E-state index in [9.17, 15) is 0 Å². The molecule has 0 amide bonds. The highest BCUT2D eigenvalue weighted by Crippen LogP contribution is 2.39. The molecule has 1 aromatic carbocycles. The number of anilines is 1. The fourth-order valence-corrected chi connectivity index (χ4v) is 4.26. The summed E-state index contributed by atoms with van der Waals surface area (Å²) in [5, 5.41) is 8.50. The Bertz CT molecular complexity index is 785. The van der Waals surface area contributed by atoms with E-state index in [-0.39, 0.29) is 0 Å². The van der Waals surface area contributed by atoms with Crippen molar-refractivity contribution in [3.63, 3.8) is 0 Å². The molecule has 1 saturated heterocycles. The molecule has 0 spiro atoms. The number of aryl methyl sites for hydroxylation is 1. The molecule has 0 unspecified atom stereocenters. The molecule has 0 atom stereocenters. The van der Waals surface area contributed by atoms with Gasteiger partial charge in [0.1, 0.15) is 0 Å².